The SMILES string of the molecule is Cc1ccc(OCC(=O)N(Cc2ccc(Cl)cc2)[C@H](C)C(=O)NC(C)C)c(C)c1. The smallest absolute Gasteiger partial charge is 0.261 e. The van der Waals surface area contributed by atoms with Gasteiger partial charge in [0.05, 0.1) is 0 Å². The summed E-state index contributed by atoms with van der Waals surface area (Å²) in [7, 11) is 0. The van der Waals surface area contributed by atoms with E-state index in [0.29, 0.717) is 17.3 Å². The Morgan fingerprint density at radius 2 is 1.72 bits per heavy atom. The summed E-state index contributed by atoms with van der Waals surface area (Å²) in [4.78, 5) is 27.1. The van der Waals surface area contributed by atoms with Gasteiger partial charge in [0.15, 0.2) is 6.61 Å². The van der Waals surface area contributed by atoms with E-state index in [-0.39, 0.29) is 24.5 Å². The van der Waals surface area contributed by atoms with E-state index in [1.807, 2.05) is 58.0 Å². The van der Waals surface area contributed by atoms with Crippen molar-refractivity contribution >= 4 is 23.4 Å². The van der Waals surface area contributed by atoms with E-state index in [2.05, 4.69) is 5.32 Å². The lowest BCUT2D eigenvalue weighted by Crippen LogP contribution is -2.50. The first kappa shape index (κ1) is 22.8. The van der Waals surface area contributed by atoms with E-state index < -0.39 is 6.04 Å². The normalized spacial score (nSPS) is 11.8. The van der Waals surface area contributed by atoms with Crippen molar-refractivity contribution in [3.05, 3.63) is 64.2 Å². The number of hydrogen-bond acceptors (Lipinski definition) is 3. The molecule has 0 saturated heterocycles. The van der Waals surface area contributed by atoms with E-state index >= 15 is 0 Å². The van der Waals surface area contributed by atoms with E-state index in [1.165, 1.54) is 4.90 Å². The highest BCUT2D eigenvalue weighted by Gasteiger charge is 2.27. The van der Waals surface area contributed by atoms with Crippen LogP contribution in [0.2, 0.25) is 5.02 Å². The summed E-state index contributed by atoms with van der Waals surface area (Å²) in [5, 5.41) is 3.49. The second-order valence-corrected chi connectivity index (χ2v) is 7.98. The molecule has 6 heteroatoms. The molecule has 0 heterocycles. The molecule has 2 aromatic carbocycles. The van der Waals surface area contributed by atoms with Gasteiger partial charge >= 0.3 is 0 Å². The van der Waals surface area contributed by atoms with Gasteiger partial charge in [0.2, 0.25) is 5.91 Å². The Bertz CT molecular complexity index is 850. The number of ether oxygens (including phenoxy) is 1. The molecule has 0 aliphatic carbocycles. The van der Waals surface area contributed by atoms with Crippen molar-refractivity contribution in [2.75, 3.05) is 6.61 Å². The maximum absolute atomic E-state index is 13.0. The van der Waals surface area contributed by atoms with Gasteiger partial charge in [-0.3, -0.25) is 9.59 Å². The predicted octanol–water partition coefficient (Wildman–Crippen LogP) is 4.28. The summed E-state index contributed by atoms with van der Waals surface area (Å²) in [6.07, 6.45) is 0. The van der Waals surface area contributed by atoms with Crippen LogP contribution < -0.4 is 10.1 Å². The van der Waals surface area contributed by atoms with Gasteiger partial charge in [-0.05, 0) is 63.9 Å². The van der Waals surface area contributed by atoms with Crippen LogP contribution in [-0.2, 0) is 16.1 Å². The Kier molecular flexibility index (Phi) is 8.09. The lowest BCUT2D eigenvalue weighted by atomic mass is 10.1. The van der Waals surface area contributed by atoms with Gasteiger partial charge < -0.3 is 15.0 Å². The highest BCUT2D eigenvalue weighted by atomic mass is 35.5. The van der Waals surface area contributed by atoms with Crippen LogP contribution in [0.1, 0.15) is 37.5 Å². The number of nitrogens with zero attached hydrogens (tertiary/aromatic N) is 1. The summed E-state index contributed by atoms with van der Waals surface area (Å²) in [6, 6.07) is 12.4. The Morgan fingerprint density at radius 1 is 1.07 bits per heavy atom. The van der Waals surface area contributed by atoms with Crippen LogP contribution in [0.25, 0.3) is 0 Å². The molecule has 1 atom stereocenters. The van der Waals surface area contributed by atoms with Crippen molar-refractivity contribution < 1.29 is 14.3 Å². The number of amides is 2. The molecule has 2 aromatic rings. The standard InChI is InChI=1S/C23H29ClN2O3/c1-15(2)25-23(28)18(5)26(13-19-7-9-20(24)10-8-19)22(27)14-29-21-11-6-16(3)12-17(21)4/h6-12,15,18H,13-14H2,1-5H3,(H,25,28)/t18-/m1/s1. The topological polar surface area (TPSA) is 58.6 Å². The quantitative estimate of drug-likeness (QED) is 0.698. The van der Waals surface area contributed by atoms with E-state index in [9.17, 15) is 9.59 Å². The minimum Gasteiger partial charge on any atom is -0.483 e. The Morgan fingerprint density at radius 3 is 2.31 bits per heavy atom. The molecule has 156 valence electrons. The number of hydrogen-bond donors (Lipinski definition) is 1. The predicted molar refractivity (Wildman–Crippen MR) is 116 cm³/mol. The molecule has 0 bridgehead atoms. The van der Waals surface area contributed by atoms with Gasteiger partial charge in [-0.1, -0.05) is 41.4 Å². The van der Waals surface area contributed by atoms with Gasteiger partial charge in [-0.2, -0.15) is 0 Å². The molecule has 0 aliphatic rings. The van der Waals surface area contributed by atoms with Crippen LogP contribution in [0.5, 0.6) is 5.75 Å². The highest BCUT2D eigenvalue weighted by Crippen LogP contribution is 2.19. The summed E-state index contributed by atoms with van der Waals surface area (Å²) in [5.41, 5.74) is 2.98. The number of carbonyl (C=O) groups excluding carboxylic acids is 2. The molecular formula is C23H29ClN2O3. The molecule has 1 N–H and O–H groups in total. The van der Waals surface area contributed by atoms with Crippen LogP contribution in [-0.4, -0.2) is 35.4 Å². The molecule has 0 aliphatic heterocycles. The third-order valence-corrected chi connectivity index (χ3v) is 4.80. The lowest BCUT2D eigenvalue weighted by Gasteiger charge is -2.29. The zero-order chi connectivity index (χ0) is 21.6. The molecule has 0 aromatic heterocycles. The fourth-order valence-electron chi connectivity index (χ4n) is 2.96. The minimum absolute atomic E-state index is 0.0103. The Balaban J connectivity index is 2.16. The average molecular weight is 417 g/mol. The van der Waals surface area contributed by atoms with E-state index in [0.717, 1.165) is 16.7 Å². The number of benzene rings is 2. The maximum atomic E-state index is 13.0. The fourth-order valence-corrected chi connectivity index (χ4v) is 3.08. The number of aryl methyl sites for hydroxylation is 2. The van der Waals surface area contributed by atoms with Crippen molar-refractivity contribution in [2.24, 2.45) is 0 Å². The number of halogens is 1. The van der Waals surface area contributed by atoms with Crippen molar-refractivity contribution in [2.45, 2.75) is 53.2 Å². The van der Waals surface area contributed by atoms with Crippen molar-refractivity contribution in [1.82, 2.24) is 10.2 Å². The first-order chi connectivity index (χ1) is 13.7. The third-order valence-electron chi connectivity index (χ3n) is 4.55. The van der Waals surface area contributed by atoms with Crippen LogP contribution in [0.15, 0.2) is 42.5 Å². The highest BCUT2D eigenvalue weighted by molar-refractivity contribution is 6.30. The molecule has 2 rings (SSSR count). The van der Waals surface area contributed by atoms with Crippen LogP contribution in [0.3, 0.4) is 0 Å². The zero-order valence-corrected chi connectivity index (χ0v) is 18.4. The largest absolute Gasteiger partial charge is 0.483 e. The first-order valence-corrected chi connectivity index (χ1v) is 10.1. The molecule has 0 unspecified atom stereocenters. The third kappa shape index (κ3) is 6.79. The molecule has 2 amide bonds. The van der Waals surface area contributed by atoms with Crippen molar-refractivity contribution in [3.8, 4) is 5.75 Å². The number of carbonyl (C=O) groups is 2. The molecule has 0 spiro atoms. The number of nitrogens with one attached hydrogen (secondary N) is 1. The summed E-state index contributed by atoms with van der Waals surface area (Å²) in [5.74, 6) is 0.204. The Labute approximate surface area is 178 Å². The van der Waals surface area contributed by atoms with Crippen molar-refractivity contribution in [3.63, 3.8) is 0 Å². The van der Waals surface area contributed by atoms with Gasteiger partial charge in [0.1, 0.15) is 11.8 Å². The summed E-state index contributed by atoms with van der Waals surface area (Å²) >= 11 is 5.96. The monoisotopic (exact) mass is 416 g/mol. The number of rotatable bonds is 8. The van der Waals surface area contributed by atoms with E-state index in [4.69, 9.17) is 16.3 Å². The average Bonchev–Trinajstić information content (AvgIpc) is 2.65. The molecule has 0 radical (unpaired) electrons. The van der Waals surface area contributed by atoms with Gasteiger partial charge in [-0.15, -0.1) is 0 Å². The van der Waals surface area contributed by atoms with Gasteiger partial charge in [0.25, 0.3) is 5.91 Å². The lowest BCUT2D eigenvalue weighted by molar-refractivity contribution is -0.142. The fraction of sp³-hybridized carbons (Fsp3) is 0.391. The second-order valence-electron chi connectivity index (χ2n) is 7.54. The molecular weight excluding hydrogens is 388 g/mol. The minimum atomic E-state index is -0.636. The molecule has 0 fully saturated rings. The summed E-state index contributed by atoms with van der Waals surface area (Å²) < 4.78 is 5.76. The van der Waals surface area contributed by atoms with Gasteiger partial charge in [0, 0.05) is 17.6 Å². The van der Waals surface area contributed by atoms with Crippen LogP contribution >= 0.6 is 11.6 Å². The van der Waals surface area contributed by atoms with Gasteiger partial charge in [-0.25, -0.2) is 0 Å². The maximum Gasteiger partial charge on any atom is 0.261 e. The van der Waals surface area contributed by atoms with Crippen LogP contribution in [0.4, 0.5) is 0 Å². The van der Waals surface area contributed by atoms with Crippen molar-refractivity contribution in [1.29, 1.82) is 0 Å². The molecule has 29 heavy (non-hydrogen) atoms. The molecule has 0 saturated carbocycles. The summed E-state index contributed by atoms with van der Waals surface area (Å²) in [6.45, 7) is 9.60. The van der Waals surface area contributed by atoms with Crippen LogP contribution in [0, 0.1) is 13.8 Å². The Hall–Kier alpha value is -2.53. The first-order valence-electron chi connectivity index (χ1n) is 9.71. The van der Waals surface area contributed by atoms with E-state index in [1.54, 1.807) is 19.1 Å². The second kappa shape index (κ2) is 10.3. The zero-order valence-electron chi connectivity index (χ0n) is 17.7. The molecule has 5 nitrogen and oxygen atoms in total.